The van der Waals surface area contributed by atoms with E-state index in [0.29, 0.717) is 25.6 Å². The normalized spacial score (nSPS) is 10.8. The van der Waals surface area contributed by atoms with Crippen molar-refractivity contribution in [1.82, 2.24) is 19.9 Å². The largest absolute Gasteiger partial charge is 0.383 e. The molecule has 3 aromatic rings. The van der Waals surface area contributed by atoms with Crippen LogP contribution in [0.2, 0.25) is 0 Å². The van der Waals surface area contributed by atoms with E-state index in [2.05, 4.69) is 20.6 Å². The number of fused-ring (bicyclic) bond motifs is 1. The molecule has 2 aromatic heterocycles. The topological polar surface area (TPSA) is 81.1 Å². The second-order valence-electron chi connectivity index (χ2n) is 5.57. The number of ether oxygens (including phenoxy) is 1. The second-order valence-corrected chi connectivity index (χ2v) is 5.57. The smallest absolute Gasteiger partial charge is 0.240 e. The van der Waals surface area contributed by atoms with Crippen molar-refractivity contribution >= 4 is 22.9 Å². The van der Waals surface area contributed by atoms with E-state index in [0.717, 1.165) is 16.6 Å². The lowest BCUT2D eigenvalue weighted by Crippen LogP contribution is -2.30. The van der Waals surface area contributed by atoms with Gasteiger partial charge < -0.3 is 19.9 Å². The van der Waals surface area contributed by atoms with E-state index in [1.54, 1.807) is 19.5 Å². The Labute approximate surface area is 146 Å². The monoisotopic (exact) mass is 339 g/mol. The molecule has 0 fully saturated rings. The molecule has 3 rings (SSSR count). The Morgan fingerprint density at radius 3 is 2.92 bits per heavy atom. The summed E-state index contributed by atoms with van der Waals surface area (Å²) in [5.41, 5.74) is 2.81. The van der Waals surface area contributed by atoms with Crippen molar-refractivity contribution < 1.29 is 9.53 Å². The number of imidazole rings is 1. The van der Waals surface area contributed by atoms with Gasteiger partial charge in [-0.3, -0.25) is 9.78 Å². The third-order valence-corrected chi connectivity index (χ3v) is 3.76. The molecule has 7 heteroatoms. The number of nitrogens with one attached hydrogen (secondary N) is 2. The molecule has 25 heavy (non-hydrogen) atoms. The minimum Gasteiger partial charge on any atom is -0.383 e. The Morgan fingerprint density at radius 1 is 1.24 bits per heavy atom. The molecule has 0 aliphatic rings. The van der Waals surface area contributed by atoms with Gasteiger partial charge in [-0.2, -0.15) is 0 Å². The average molecular weight is 339 g/mol. The summed E-state index contributed by atoms with van der Waals surface area (Å²) in [7, 11) is 1.61. The van der Waals surface area contributed by atoms with Crippen LogP contribution >= 0.6 is 0 Å². The lowest BCUT2D eigenvalue weighted by molar-refractivity contribution is -0.121. The van der Waals surface area contributed by atoms with Gasteiger partial charge in [-0.15, -0.1) is 0 Å². The molecule has 130 valence electrons. The third-order valence-electron chi connectivity index (χ3n) is 3.76. The zero-order valence-electron chi connectivity index (χ0n) is 14.1. The number of anilines is 1. The summed E-state index contributed by atoms with van der Waals surface area (Å²) in [6.45, 7) is 1.75. The minimum atomic E-state index is -0.0790. The molecular weight excluding hydrogens is 318 g/mol. The Bertz CT molecular complexity index is 832. The van der Waals surface area contributed by atoms with Gasteiger partial charge in [0.1, 0.15) is 6.54 Å². The maximum atomic E-state index is 12.2. The van der Waals surface area contributed by atoms with Crippen molar-refractivity contribution in [3.05, 3.63) is 54.4 Å². The molecule has 0 unspecified atom stereocenters. The Balaban J connectivity index is 1.78. The van der Waals surface area contributed by atoms with Crippen molar-refractivity contribution in [3.8, 4) is 0 Å². The van der Waals surface area contributed by atoms with Gasteiger partial charge in [-0.25, -0.2) is 4.98 Å². The van der Waals surface area contributed by atoms with Crippen LogP contribution < -0.4 is 10.6 Å². The fraction of sp³-hybridized carbons (Fsp3) is 0.278. The van der Waals surface area contributed by atoms with Crippen LogP contribution in [0.15, 0.2) is 48.8 Å². The fourth-order valence-corrected chi connectivity index (χ4v) is 2.55. The number of hydrogen-bond donors (Lipinski definition) is 2. The lowest BCUT2D eigenvalue weighted by atomic mass is 10.3. The number of carbonyl (C=O) groups is 1. The van der Waals surface area contributed by atoms with Gasteiger partial charge in [0.15, 0.2) is 0 Å². The molecule has 0 atom stereocenters. The number of nitrogens with zero attached hydrogens (tertiary/aromatic N) is 3. The second kappa shape index (κ2) is 8.25. The number of benzene rings is 1. The first kappa shape index (κ1) is 16.9. The Morgan fingerprint density at radius 2 is 2.12 bits per heavy atom. The Kier molecular flexibility index (Phi) is 5.58. The molecule has 1 amide bonds. The number of hydrogen-bond acceptors (Lipinski definition) is 5. The predicted molar refractivity (Wildman–Crippen MR) is 96.2 cm³/mol. The van der Waals surface area contributed by atoms with Crippen LogP contribution in [0.1, 0.15) is 5.56 Å². The van der Waals surface area contributed by atoms with E-state index >= 15 is 0 Å². The summed E-state index contributed by atoms with van der Waals surface area (Å²) in [5.74, 6) is 0.580. The van der Waals surface area contributed by atoms with Crippen molar-refractivity contribution in [1.29, 1.82) is 0 Å². The molecule has 0 aliphatic carbocycles. The first-order valence-corrected chi connectivity index (χ1v) is 8.11. The van der Waals surface area contributed by atoms with E-state index < -0.39 is 0 Å². The summed E-state index contributed by atoms with van der Waals surface area (Å²) in [4.78, 5) is 20.9. The summed E-state index contributed by atoms with van der Waals surface area (Å²) in [6, 6.07) is 11.6. The summed E-state index contributed by atoms with van der Waals surface area (Å²) >= 11 is 0. The van der Waals surface area contributed by atoms with E-state index in [-0.39, 0.29) is 12.5 Å². The van der Waals surface area contributed by atoms with Crippen LogP contribution in [0.4, 0.5) is 5.95 Å². The van der Waals surface area contributed by atoms with Crippen molar-refractivity contribution in [2.45, 2.75) is 13.1 Å². The molecule has 0 bridgehead atoms. The number of amides is 1. The minimum absolute atomic E-state index is 0.0790. The van der Waals surface area contributed by atoms with Gasteiger partial charge in [0.05, 0.1) is 17.6 Å². The third kappa shape index (κ3) is 4.33. The highest BCUT2D eigenvalue weighted by molar-refractivity contribution is 5.83. The van der Waals surface area contributed by atoms with Crippen molar-refractivity contribution in [3.63, 3.8) is 0 Å². The predicted octanol–water partition coefficient (Wildman–Crippen LogP) is 1.81. The molecule has 0 saturated heterocycles. The highest BCUT2D eigenvalue weighted by atomic mass is 16.5. The van der Waals surface area contributed by atoms with E-state index in [4.69, 9.17) is 4.74 Å². The van der Waals surface area contributed by atoms with E-state index in [1.807, 2.05) is 41.0 Å². The van der Waals surface area contributed by atoms with Crippen LogP contribution in [-0.4, -0.2) is 40.7 Å². The molecule has 2 N–H and O–H groups in total. The molecule has 0 radical (unpaired) electrons. The number of carbonyl (C=O) groups excluding carboxylic acids is 1. The lowest BCUT2D eigenvalue weighted by Gasteiger charge is -2.11. The number of rotatable bonds is 8. The van der Waals surface area contributed by atoms with Crippen LogP contribution in [0.3, 0.4) is 0 Å². The zero-order valence-corrected chi connectivity index (χ0v) is 14.1. The molecule has 0 aliphatic heterocycles. The van der Waals surface area contributed by atoms with Crippen molar-refractivity contribution in [2.75, 3.05) is 25.6 Å². The van der Waals surface area contributed by atoms with Gasteiger partial charge in [0.25, 0.3) is 0 Å². The molecule has 7 nitrogen and oxygen atoms in total. The first-order chi connectivity index (χ1) is 12.3. The number of methoxy groups -OCH3 is 1. The number of aromatic nitrogens is 3. The summed E-state index contributed by atoms with van der Waals surface area (Å²) in [6.07, 6.45) is 3.54. The van der Waals surface area contributed by atoms with Gasteiger partial charge in [0.2, 0.25) is 11.9 Å². The van der Waals surface area contributed by atoms with E-state index in [1.165, 1.54) is 0 Å². The SMILES string of the molecule is COCCNC(=O)Cn1c(NCc2cccnc2)nc2ccccc21. The molecular formula is C18H21N5O2. The maximum Gasteiger partial charge on any atom is 0.240 e. The fourth-order valence-electron chi connectivity index (χ4n) is 2.55. The Hall–Kier alpha value is -2.93. The average Bonchev–Trinajstić information content (AvgIpc) is 2.99. The van der Waals surface area contributed by atoms with Crippen LogP contribution in [0.5, 0.6) is 0 Å². The van der Waals surface area contributed by atoms with E-state index in [9.17, 15) is 4.79 Å². The molecule has 2 heterocycles. The van der Waals surface area contributed by atoms with Gasteiger partial charge in [-0.1, -0.05) is 18.2 Å². The summed E-state index contributed by atoms with van der Waals surface area (Å²) < 4.78 is 6.84. The quantitative estimate of drug-likeness (QED) is 0.612. The molecule has 0 saturated carbocycles. The zero-order chi connectivity index (χ0) is 17.5. The highest BCUT2D eigenvalue weighted by Crippen LogP contribution is 2.20. The maximum absolute atomic E-state index is 12.2. The molecule has 1 aromatic carbocycles. The van der Waals surface area contributed by atoms with Crippen molar-refractivity contribution in [2.24, 2.45) is 0 Å². The van der Waals surface area contributed by atoms with Gasteiger partial charge >= 0.3 is 0 Å². The highest BCUT2D eigenvalue weighted by Gasteiger charge is 2.13. The van der Waals surface area contributed by atoms with Gasteiger partial charge in [-0.05, 0) is 23.8 Å². The van der Waals surface area contributed by atoms with Crippen LogP contribution in [0, 0.1) is 0 Å². The number of para-hydroxylation sites is 2. The number of pyridine rings is 1. The standard InChI is InChI=1S/C18H21N5O2/c1-25-10-9-20-17(24)13-23-16-7-3-2-6-15(16)22-18(23)21-12-14-5-4-8-19-11-14/h2-8,11H,9-10,12-13H2,1H3,(H,20,24)(H,21,22). The first-order valence-electron chi connectivity index (χ1n) is 8.11. The van der Waals surface area contributed by atoms with Crippen LogP contribution in [-0.2, 0) is 22.6 Å². The summed E-state index contributed by atoms with van der Waals surface area (Å²) in [5, 5.41) is 6.14. The van der Waals surface area contributed by atoms with Crippen LogP contribution in [0.25, 0.3) is 11.0 Å². The molecule has 0 spiro atoms. The van der Waals surface area contributed by atoms with Gasteiger partial charge in [0, 0.05) is 32.6 Å².